The molecule has 2 aromatic carbocycles. The first kappa shape index (κ1) is 16.8. The predicted octanol–water partition coefficient (Wildman–Crippen LogP) is 3.28. The van der Waals surface area contributed by atoms with E-state index in [1.54, 1.807) is 6.07 Å². The number of carbonyl (C=O) groups excluding carboxylic acids is 2. The first-order chi connectivity index (χ1) is 11.0. The van der Waals surface area contributed by atoms with Gasteiger partial charge in [-0.15, -0.1) is 0 Å². The van der Waals surface area contributed by atoms with Gasteiger partial charge in [0, 0.05) is 5.69 Å². The van der Waals surface area contributed by atoms with Crippen LogP contribution in [0.15, 0.2) is 42.5 Å². The second-order valence-electron chi connectivity index (χ2n) is 4.48. The number of ether oxygens (including phenoxy) is 2. The van der Waals surface area contributed by atoms with Gasteiger partial charge in [0.2, 0.25) is 0 Å². The molecule has 0 fully saturated rings. The number of benzene rings is 2. The lowest BCUT2D eigenvalue weighted by Gasteiger charge is -2.08. The van der Waals surface area contributed by atoms with E-state index in [1.165, 1.54) is 43.5 Å². The Balaban J connectivity index is 1.93. The molecule has 0 saturated heterocycles. The molecule has 120 valence electrons. The van der Waals surface area contributed by atoms with Gasteiger partial charge in [-0.3, -0.25) is 4.79 Å². The van der Waals surface area contributed by atoms with Crippen LogP contribution in [0.1, 0.15) is 10.4 Å². The van der Waals surface area contributed by atoms with Crippen LogP contribution in [0.5, 0.6) is 5.75 Å². The second kappa shape index (κ2) is 7.60. The Bertz CT molecular complexity index is 719. The number of methoxy groups -OCH3 is 1. The molecule has 0 bridgehead atoms. The topological polar surface area (TPSA) is 64.6 Å². The third-order valence-electron chi connectivity index (χ3n) is 2.86. The summed E-state index contributed by atoms with van der Waals surface area (Å²) in [4.78, 5) is 23.6. The van der Waals surface area contributed by atoms with Crippen LogP contribution in [-0.4, -0.2) is 25.6 Å². The highest BCUT2D eigenvalue weighted by Crippen LogP contribution is 2.22. The minimum Gasteiger partial charge on any atom is -0.497 e. The quantitative estimate of drug-likeness (QED) is 0.850. The van der Waals surface area contributed by atoms with Crippen molar-refractivity contribution in [3.8, 4) is 5.75 Å². The van der Waals surface area contributed by atoms with Gasteiger partial charge in [0.1, 0.15) is 11.6 Å². The maximum atomic E-state index is 12.8. The van der Waals surface area contributed by atoms with E-state index in [9.17, 15) is 14.0 Å². The van der Waals surface area contributed by atoms with E-state index in [0.29, 0.717) is 11.4 Å². The highest BCUT2D eigenvalue weighted by atomic mass is 35.5. The van der Waals surface area contributed by atoms with E-state index < -0.39 is 24.3 Å². The molecule has 0 aromatic heterocycles. The lowest BCUT2D eigenvalue weighted by atomic mass is 10.2. The number of nitrogens with one attached hydrogen (secondary N) is 1. The van der Waals surface area contributed by atoms with Crippen molar-refractivity contribution in [3.63, 3.8) is 0 Å². The molecule has 1 N–H and O–H groups in total. The van der Waals surface area contributed by atoms with E-state index in [1.807, 2.05) is 0 Å². The largest absolute Gasteiger partial charge is 0.497 e. The molecular formula is C16H13ClFNO4. The number of carbonyl (C=O) groups is 2. The smallest absolute Gasteiger partial charge is 0.340 e. The van der Waals surface area contributed by atoms with Gasteiger partial charge in [0.05, 0.1) is 17.7 Å². The standard InChI is InChI=1S/C16H13ClFNO4/c1-22-12-6-7-14(17)13(8-12)16(21)23-9-15(20)19-11-4-2-10(18)3-5-11/h2-8H,9H2,1H3,(H,19,20). The maximum absolute atomic E-state index is 12.8. The summed E-state index contributed by atoms with van der Waals surface area (Å²) in [5.41, 5.74) is 0.493. The molecule has 2 rings (SSSR count). The summed E-state index contributed by atoms with van der Waals surface area (Å²) in [7, 11) is 1.45. The van der Waals surface area contributed by atoms with Crippen molar-refractivity contribution in [1.82, 2.24) is 0 Å². The lowest BCUT2D eigenvalue weighted by molar-refractivity contribution is -0.119. The molecule has 5 nitrogen and oxygen atoms in total. The molecule has 0 radical (unpaired) electrons. The van der Waals surface area contributed by atoms with Gasteiger partial charge < -0.3 is 14.8 Å². The number of hydrogen-bond acceptors (Lipinski definition) is 4. The van der Waals surface area contributed by atoms with Gasteiger partial charge in [-0.25, -0.2) is 9.18 Å². The molecule has 0 aliphatic heterocycles. The number of esters is 1. The number of anilines is 1. The van der Waals surface area contributed by atoms with E-state index in [2.05, 4.69) is 5.32 Å². The van der Waals surface area contributed by atoms with E-state index in [-0.39, 0.29) is 10.6 Å². The van der Waals surface area contributed by atoms with E-state index >= 15 is 0 Å². The summed E-state index contributed by atoms with van der Waals surface area (Å²) in [6.07, 6.45) is 0. The van der Waals surface area contributed by atoms with Crippen LogP contribution in [-0.2, 0) is 9.53 Å². The molecule has 23 heavy (non-hydrogen) atoms. The molecular weight excluding hydrogens is 325 g/mol. The van der Waals surface area contributed by atoms with Crippen molar-refractivity contribution in [2.75, 3.05) is 19.0 Å². The molecule has 0 spiro atoms. The first-order valence-electron chi connectivity index (χ1n) is 6.55. The van der Waals surface area contributed by atoms with Crippen LogP contribution in [0.4, 0.5) is 10.1 Å². The highest BCUT2D eigenvalue weighted by Gasteiger charge is 2.15. The van der Waals surface area contributed by atoms with Crippen LogP contribution in [0.25, 0.3) is 0 Å². The fraction of sp³-hybridized carbons (Fsp3) is 0.125. The van der Waals surface area contributed by atoms with Crippen LogP contribution in [0.2, 0.25) is 5.02 Å². The molecule has 0 saturated carbocycles. The van der Waals surface area contributed by atoms with Crippen LogP contribution in [0.3, 0.4) is 0 Å². The molecule has 0 aliphatic carbocycles. The summed E-state index contributed by atoms with van der Waals surface area (Å²) < 4.78 is 22.7. The predicted molar refractivity (Wildman–Crippen MR) is 83.3 cm³/mol. The Labute approximate surface area is 137 Å². The third-order valence-corrected chi connectivity index (χ3v) is 3.19. The van der Waals surface area contributed by atoms with Gasteiger partial charge in [-0.2, -0.15) is 0 Å². The number of halogens is 2. The monoisotopic (exact) mass is 337 g/mol. The summed E-state index contributed by atoms with van der Waals surface area (Å²) >= 11 is 5.92. The molecule has 7 heteroatoms. The molecule has 0 aliphatic rings. The van der Waals surface area contributed by atoms with E-state index in [4.69, 9.17) is 21.1 Å². The number of hydrogen-bond donors (Lipinski definition) is 1. The molecule has 0 heterocycles. The fourth-order valence-electron chi connectivity index (χ4n) is 1.73. The van der Waals surface area contributed by atoms with Crippen molar-refractivity contribution in [2.45, 2.75) is 0 Å². The Morgan fingerprint density at radius 1 is 1.17 bits per heavy atom. The summed E-state index contributed by atoms with van der Waals surface area (Å²) in [6, 6.07) is 9.72. The third kappa shape index (κ3) is 4.69. The zero-order valence-electron chi connectivity index (χ0n) is 12.1. The maximum Gasteiger partial charge on any atom is 0.340 e. The molecule has 0 atom stereocenters. The highest BCUT2D eigenvalue weighted by molar-refractivity contribution is 6.33. The fourth-order valence-corrected chi connectivity index (χ4v) is 1.92. The van der Waals surface area contributed by atoms with Crippen molar-refractivity contribution >= 4 is 29.2 Å². The van der Waals surface area contributed by atoms with Gasteiger partial charge in [-0.05, 0) is 42.5 Å². The zero-order valence-corrected chi connectivity index (χ0v) is 12.9. The van der Waals surface area contributed by atoms with Crippen LogP contribution >= 0.6 is 11.6 Å². The van der Waals surface area contributed by atoms with Crippen molar-refractivity contribution in [2.24, 2.45) is 0 Å². The van der Waals surface area contributed by atoms with Gasteiger partial charge in [-0.1, -0.05) is 11.6 Å². The molecule has 0 unspecified atom stereocenters. The van der Waals surface area contributed by atoms with Crippen LogP contribution < -0.4 is 10.1 Å². The summed E-state index contributed by atoms with van der Waals surface area (Å²) in [6.45, 7) is -0.496. The van der Waals surface area contributed by atoms with Crippen molar-refractivity contribution in [3.05, 3.63) is 58.9 Å². The number of amides is 1. The minimum absolute atomic E-state index is 0.0978. The van der Waals surface area contributed by atoms with Crippen molar-refractivity contribution in [1.29, 1.82) is 0 Å². The Kier molecular flexibility index (Phi) is 5.54. The number of rotatable bonds is 5. The second-order valence-corrected chi connectivity index (χ2v) is 4.88. The van der Waals surface area contributed by atoms with E-state index in [0.717, 1.165) is 0 Å². The van der Waals surface area contributed by atoms with Crippen molar-refractivity contribution < 1.29 is 23.5 Å². The van der Waals surface area contributed by atoms with Gasteiger partial charge in [0.15, 0.2) is 6.61 Å². The average Bonchev–Trinajstić information content (AvgIpc) is 2.55. The normalized spacial score (nSPS) is 10.0. The Morgan fingerprint density at radius 3 is 2.52 bits per heavy atom. The Hall–Kier alpha value is -2.60. The average molecular weight is 338 g/mol. The SMILES string of the molecule is COc1ccc(Cl)c(C(=O)OCC(=O)Nc2ccc(F)cc2)c1. The Morgan fingerprint density at radius 2 is 1.87 bits per heavy atom. The van der Waals surface area contributed by atoms with Crippen LogP contribution in [0, 0.1) is 5.82 Å². The van der Waals surface area contributed by atoms with Gasteiger partial charge >= 0.3 is 5.97 Å². The summed E-state index contributed by atoms with van der Waals surface area (Å²) in [5, 5.41) is 2.66. The molecule has 2 aromatic rings. The first-order valence-corrected chi connectivity index (χ1v) is 6.93. The summed E-state index contributed by atoms with van der Waals surface area (Å²) in [5.74, 6) is -1.27. The lowest BCUT2D eigenvalue weighted by Crippen LogP contribution is -2.21. The zero-order chi connectivity index (χ0) is 16.8. The van der Waals surface area contributed by atoms with Gasteiger partial charge in [0.25, 0.3) is 5.91 Å². The minimum atomic E-state index is -0.747. The molecule has 1 amide bonds.